The Kier molecular flexibility index (Phi) is 5.15. The average Bonchev–Trinajstić information content (AvgIpc) is 2.45. The summed E-state index contributed by atoms with van der Waals surface area (Å²) in [5, 5.41) is 3.86. The molecule has 0 bridgehead atoms. The van der Waals surface area contributed by atoms with Gasteiger partial charge in [-0.25, -0.2) is 4.79 Å². The number of carbonyl (C=O) groups is 1. The number of nitrogens with zero attached hydrogens (tertiary/aromatic N) is 1. The number of rotatable bonds is 4. The zero-order chi connectivity index (χ0) is 16.0. The van der Waals surface area contributed by atoms with Gasteiger partial charge < -0.3 is 10.1 Å². The van der Waals surface area contributed by atoms with Crippen LogP contribution < -0.4 is 5.32 Å². The van der Waals surface area contributed by atoms with Crippen molar-refractivity contribution < 1.29 is 9.53 Å². The maximum absolute atomic E-state index is 11.5. The summed E-state index contributed by atoms with van der Waals surface area (Å²) in [7, 11) is 0. The fraction of sp³-hybridized carbons (Fsp3) is 0.333. The lowest BCUT2D eigenvalue weighted by Crippen LogP contribution is -2.32. The number of hydrogen-bond donors (Lipinski definition) is 1. The fourth-order valence-corrected chi connectivity index (χ4v) is 1.98. The molecule has 0 unspecified atom stereocenters. The number of aromatic nitrogens is 1. The van der Waals surface area contributed by atoms with Crippen LogP contribution in [0.3, 0.4) is 0 Å². The third kappa shape index (κ3) is 5.20. The van der Waals surface area contributed by atoms with Crippen molar-refractivity contribution in [3.8, 4) is 0 Å². The monoisotopic (exact) mass is 298 g/mol. The van der Waals surface area contributed by atoms with E-state index in [-0.39, 0.29) is 6.09 Å². The molecule has 1 aromatic carbocycles. The normalized spacial score (nSPS) is 11.8. The smallest absolute Gasteiger partial charge is 0.407 e. The van der Waals surface area contributed by atoms with Gasteiger partial charge in [0.15, 0.2) is 0 Å². The summed E-state index contributed by atoms with van der Waals surface area (Å²) in [5.74, 6) is 0. The molecule has 1 amide bonds. The number of carbonyl (C=O) groups excluding carboxylic acids is 1. The molecule has 0 atom stereocenters. The van der Waals surface area contributed by atoms with Crippen LogP contribution in [-0.4, -0.2) is 23.2 Å². The number of ether oxygens (including phenoxy) is 1. The second-order valence-corrected chi connectivity index (χ2v) is 6.08. The van der Waals surface area contributed by atoms with E-state index in [0.717, 1.165) is 22.9 Å². The number of nitrogens with one attached hydrogen (secondary N) is 1. The Bertz CT molecular complexity index is 672. The highest BCUT2D eigenvalue weighted by Gasteiger charge is 2.15. The second kappa shape index (κ2) is 7.07. The molecule has 0 fully saturated rings. The van der Waals surface area contributed by atoms with Crippen LogP contribution in [0.5, 0.6) is 0 Å². The lowest BCUT2D eigenvalue weighted by atomic mass is 10.1. The summed E-state index contributed by atoms with van der Waals surface area (Å²) < 4.78 is 5.17. The Balaban J connectivity index is 1.80. The van der Waals surface area contributed by atoms with E-state index in [2.05, 4.69) is 22.4 Å². The fourth-order valence-electron chi connectivity index (χ4n) is 1.98. The molecule has 0 spiro atoms. The van der Waals surface area contributed by atoms with E-state index in [9.17, 15) is 4.79 Å². The Morgan fingerprint density at radius 1 is 1.32 bits per heavy atom. The number of fused-ring (bicyclic) bond motifs is 1. The van der Waals surface area contributed by atoms with Gasteiger partial charge in [0, 0.05) is 18.1 Å². The Morgan fingerprint density at radius 3 is 2.91 bits per heavy atom. The van der Waals surface area contributed by atoms with Crippen molar-refractivity contribution in [2.45, 2.75) is 32.8 Å². The lowest BCUT2D eigenvalue weighted by molar-refractivity contribution is 0.0529. The first-order valence-electron chi connectivity index (χ1n) is 7.42. The summed E-state index contributed by atoms with van der Waals surface area (Å²) in [6.07, 6.45) is 6.22. The molecule has 1 aromatic heterocycles. The van der Waals surface area contributed by atoms with Gasteiger partial charge in [0.25, 0.3) is 0 Å². The molecular weight excluding hydrogens is 276 g/mol. The molecule has 0 saturated carbocycles. The van der Waals surface area contributed by atoms with Crippen molar-refractivity contribution in [3.05, 3.63) is 48.2 Å². The van der Waals surface area contributed by atoms with Crippen molar-refractivity contribution in [2.75, 3.05) is 6.54 Å². The van der Waals surface area contributed by atoms with E-state index in [1.807, 2.05) is 51.1 Å². The molecule has 1 N–H and O–H groups in total. The molecule has 0 radical (unpaired) electrons. The predicted molar refractivity (Wildman–Crippen MR) is 89.6 cm³/mol. The molecule has 116 valence electrons. The van der Waals surface area contributed by atoms with Gasteiger partial charge in [0.2, 0.25) is 0 Å². The van der Waals surface area contributed by atoms with Crippen molar-refractivity contribution in [2.24, 2.45) is 0 Å². The second-order valence-electron chi connectivity index (χ2n) is 6.08. The summed E-state index contributed by atoms with van der Waals surface area (Å²) in [4.78, 5) is 15.8. The molecule has 0 saturated heterocycles. The molecule has 0 aliphatic rings. The van der Waals surface area contributed by atoms with Gasteiger partial charge in [-0.2, -0.15) is 0 Å². The Labute approximate surface area is 131 Å². The first kappa shape index (κ1) is 16.0. The number of pyridine rings is 1. The number of benzene rings is 1. The summed E-state index contributed by atoms with van der Waals surface area (Å²) in [6, 6.07) is 10.1. The van der Waals surface area contributed by atoms with Crippen LogP contribution in [0.25, 0.3) is 17.0 Å². The van der Waals surface area contributed by atoms with Crippen LogP contribution in [0.2, 0.25) is 0 Å². The van der Waals surface area contributed by atoms with Crippen molar-refractivity contribution in [1.29, 1.82) is 0 Å². The molecule has 2 aromatic rings. The standard InChI is InChI=1S/C18H22N2O2/c1-18(2,3)22-17(21)20-11-5-4-7-14-9-10-15-8-6-12-19-16(15)13-14/h4,6-10,12-13H,5,11H2,1-3H3,(H,20,21). The number of amides is 1. The molecule has 0 aliphatic heterocycles. The minimum atomic E-state index is -0.460. The third-order valence-electron chi connectivity index (χ3n) is 2.92. The summed E-state index contributed by atoms with van der Waals surface area (Å²) in [6.45, 7) is 6.10. The van der Waals surface area contributed by atoms with Gasteiger partial charge >= 0.3 is 6.09 Å². The molecular formula is C18H22N2O2. The van der Waals surface area contributed by atoms with Gasteiger partial charge in [-0.3, -0.25) is 4.98 Å². The zero-order valence-electron chi connectivity index (χ0n) is 13.3. The molecule has 1 heterocycles. The van der Waals surface area contributed by atoms with Crippen LogP contribution in [0.1, 0.15) is 32.8 Å². The van der Waals surface area contributed by atoms with Gasteiger partial charge in [0.05, 0.1) is 5.52 Å². The SMILES string of the molecule is CC(C)(C)OC(=O)NCCC=Cc1ccc2cccnc2c1. The minimum absolute atomic E-state index is 0.379. The third-order valence-corrected chi connectivity index (χ3v) is 2.92. The quantitative estimate of drug-likeness (QED) is 0.862. The average molecular weight is 298 g/mol. The van der Waals surface area contributed by atoms with Crippen LogP contribution in [0.15, 0.2) is 42.6 Å². The van der Waals surface area contributed by atoms with Crippen LogP contribution in [-0.2, 0) is 4.74 Å². The molecule has 4 nitrogen and oxygen atoms in total. The minimum Gasteiger partial charge on any atom is -0.444 e. The van der Waals surface area contributed by atoms with Crippen LogP contribution in [0.4, 0.5) is 4.79 Å². The Hall–Kier alpha value is -2.36. The van der Waals surface area contributed by atoms with E-state index < -0.39 is 5.60 Å². The van der Waals surface area contributed by atoms with Gasteiger partial charge in [-0.15, -0.1) is 0 Å². The van der Waals surface area contributed by atoms with Gasteiger partial charge in [-0.05, 0) is 44.9 Å². The maximum Gasteiger partial charge on any atom is 0.407 e. The van der Waals surface area contributed by atoms with Crippen LogP contribution >= 0.6 is 0 Å². The first-order valence-corrected chi connectivity index (χ1v) is 7.42. The van der Waals surface area contributed by atoms with Crippen molar-refractivity contribution >= 4 is 23.1 Å². The highest BCUT2D eigenvalue weighted by atomic mass is 16.6. The largest absolute Gasteiger partial charge is 0.444 e. The Morgan fingerprint density at radius 2 is 2.14 bits per heavy atom. The van der Waals surface area contributed by atoms with Crippen molar-refractivity contribution in [3.63, 3.8) is 0 Å². The first-order chi connectivity index (χ1) is 10.4. The van der Waals surface area contributed by atoms with Crippen molar-refractivity contribution in [1.82, 2.24) is 10.3 Å². The highest BCUT2D eigenvalue weighted by Crippen LogP contribution is 2.14. The van der Waals surface area contributed by atoms with Gasteiger partial charge in [0.1, 0.15) is 5.60 Å². The maximum atomic E-state index is 11.5. The highest BCUT2D eigenvalue weighted by molar-refractivity contribution is 5.80. The lowest BCUT2D eigenvalue weighted by Gasteiger charge is -2.19. The van der Waals surface area contributed by atoms with Gasteiger partial charge in [-0.1, -0.05) is 30.4 Å². The number of hydrogen-bond acceptors (Lipinski definition) is 3. The van der Waals surface area contributed by atoms with E-state index in [1.54, 1.807) is 6.20 Å². The van der Waals surface area contributed by atoms with E-state index in [4.69, 9.17) is 4.74 Å². The van der Waals surface area contributed by atoms with E-state index >= 15 is 0 Å². The predicted octanol–water partition coefficient (Wildman–Crippen LogP) is 4.16. The van der Waals surface area contributed by atoms with Crippen LogP contribution in [0, 0.1) is 0 Å². The molecule has 2 rings (SSSR count). The zero-order valence-corrected chi connectivity index (χ0v) is 13.3. The summed E-state index contributed by atoms with van der Waals surface area (Å²) >= 11 is 0. The number of alkyl carbamates (subject to hydrolysis) is 1. The topological polar surface area (TPSA) is 51.2 Å². The summed E-state index contributed by atoms with van der Waals surface area (Å²) in [5.41, 5.74) is 1.62. The molecule has 0 aliphatic carbocycles. The molecule has 22 heavy (non-hydrogen) atoms. The van der Waals surface area contributed by atoms with E-state index in [1.165, 1.54) is 0 Å². The van der Waals surface area contributed by atoms with E-state index in [0.29, 0.717) is 6.54 Å². The molecule has 4 heteroatoms.